The molecule has 6 nitrogen and oxygen atoms in total. The first kappa shape index (κ1) is 17.9. The van der Waals surface area contributed by atoms with E-state index in [1.807, 2.05) is 19.0 Å². The highest BCUT2D eigenvalue weighted by atomic mass is 35.5. The second kappa shape index (κ2) is 7.74. The van der Waals surface area contributed by atoms with E-state index in [1.54, 1.807) is 0 Å². The van der Waals surface area contributed by atoms with Gasteiger partial charge < -0.3 is 10.2 Å². The third-order valence-electron chi connectivity index (χ3n) is 2.83. The number of hydrogen-bond donors (Lipinski definition) is 2. The van der Waals surface area contributed by atoms with E-state index in [0.717, 1.165) is 13.0 Å². The Balaban J connectivity index is 2.82. The summed E-state index contributed by atoms with van der Waals surface area (Å²) in [4.78, 5) is 14.1. The molecule has 0 unspecified atom stereocenters. The SMILES string of the molecule is CNS(=O)(=O)c1ccc(Cl)c(C(=O)NCCCN(C)C)c1. The van der Waals surface area contributed by atoms with Crippen LogP contribution in [0.15, 0.2) is 23.1 Å². The van der Waals surface area contributed by atoms with Crippen molar-refractivity contribution in [3.05, 3.63) is 28.8 Å². The summed E-state index contributed by atoms with van der Waals surface area (Å²) in [6.07, 6.45) is 0.796. The van der Waals surface area contributed by atoms with Crippen LogP contribution in [0.2, 0.25) is 5.02 Å². The highest BCUT2D eigenvalue weighted by Crippen LogP contribution is 2.20. The smallest absolute Gasteiger partial charge is 0.252 e. The van der Waals surface area contributed by atoms with Gasteiger partial charge in [-0.3, -0.25) is 4.79 Å². The van der Waals surface area contributed by atoms with Crippen molar-refractivity contribution in [1.29, 1.82) is 0 Å². The third-order valence-corrected chi connectivity index (χ3v) is 4.57. The largest absolute Gasteiger partial charge is 0.352 e. The Morgan fingerprint density at radius 1 is 1.33 bits per heavy atom. The molecule has 21 heavy (non-hydrogen) atoms. The molecule has 1 aromatic carbocycles. The van der Waals surface area contributed by atoms with Gasteiger partial charge in [0.05, 0.1) is 15.5 Å². The monoisotopic (exact) mass is 333 g/mol. The Morgan fingerprint density at radius 2 is 2.00 bits per heavy atom. The van der Waals surface area contributed by atoms with E-state index >= 15 is 0 Å². The molecule has 0 heterocycles. The van der Waals surface area contributed by atoms with Gasteiger partial charge in [-0.2, -0.15) is 0 Å². The molecule has 0 aliphatic carbocycles. The molecule has 0 fully saturated rings. The molecule has 0 aliphatic rings. The maximum absolute atomic E-state index is 12.1. The topological polar surface area (TPSA) is 78.5 Å². The van der Waals surface area contributed by atoms with Crippen LogP contribution in [0.4, 0.5) is 0 Å². The summed E-state index contributed by atoms with van der Waals surface area (Å²) in [6, 6.07) is 4.03. The van der Waals surface area contributed by atoms with Crippen LogP contribution < -0.4 is 10.0 Å². The Bertz CT molecular complexity index is 603. The van der Waals surface area contributed by atoms with Crippen LogP contribution in [0.1, 0.15) is 16.8 Å². The quantitative estimate of drug-likeness (QED) is 0.728. The molecule has 0 radical (unpaired) electrons. The number of nitrogens with one attached hydrogen (secondary N) is 2. The number of carbonyl (C=O) groups excluding carboxylic acids is 1. The second-order valence-corrected chi connectivity index (χ2v) is 7.06. The average Bonchev–Trinajstić information content (AvgIpc) is 2.43. The first-order chi connectivity index (χ1) is 9.77. The lowest BCUT2D eigenvalue weighted by Gasteiger charge is -2.11. The minimum Gasteiger partial charge on any atom is -0.352 e. The van der Waals surface area contributed by atoms with Crippen LogP contribution in [0.5, 0.6) is 0 Å². The molecule has 1 aromatic rings. The molecule has 8 heteroatoms. The zero-order valence-corrected chi connectivity index (χ0v) is 13.9. The van der Waals surface area contributed by atoms with Crippen molar-refractivity contribution in [2.75, 3.05) is 34.2 Å². The summed E-state index contributed by atoms with van der Waals surface area (Å²) in [5, 5.41) is 2.94. The van der Waals surface area contributed by atoms with Gasteiger partial charge in [0.2, 0.25) is 10.0 Å². The van der Waals surface area contributed by atoms with E-state index in [1.165, 1.54) is 25.2 Å². The Kier molecular flexibility index (Phi) is 6.60. The van der Waals surface area contributed by atoms with Crippen molar-refractivity contribution < 1.29 is 13.2 Å². The highest BCUT2D eigenvalue weighted by Gasteiger charge is 2.17. The van der Waals surface area contributed by atoms with E-state index in [2.05, 4.69) is 10.0 Å². The van der Waals surface area contributed by atoms with Gasteiger partial charge in [0.1, 0.15) is 0 Å². The molecule has 0 atom stereocenters. The summed E-state index contributed by atoms with van der Waals surface area (Å²) in [5.41, 5.74) is 0.151. The zero-order chi connectivity index (χ0) is 16.0. The number of rotatable bonds is 7. The maximum atomic E-state index is 12.1. The normalized spacial score (nSPS) is 11.7. The first-order valence-electron chi connectivity index (χ1n) is 6.44. The van der Waals surface area contributed by atoms with Gasteiger partial charge in [0.25, 0.3) is 5.91 Å². The number of sulfonamides is 1. The molecule has 0 aromatic heterocycles. The lowest BCUT2D eigenvalue weighted by molar-refractivity contribution is 0.0952. The molecule has 0 aliphatic heterocycles. The maximum Gasteiger partial charge on any atom is 0.252 e. The molecule has 0 spiro atoms. The number of carbonyl (C=O) groups is 1. The first-order valence-corrected chi connectivity index (χ1v) is 8.30. The molecule has 1 amide bonds. The Morgan fingerprint density at radius 3 is 2.57 bits per heavy atom. The molecule has 2 N–H and O–H groups in total. The van der Waals surface area contributed by atoms with E-state index in [9.17, 15) is 13.2 Å². The van der Waals surface area contributed by atoms with Crippen molar-refractivity contribution in [1.82, 2.24) is 14.9 Å². The van der Waals surface area contributed by atoms with Crippen LogP contribution in [-0.4, -0.2) is 53.5 Å². The van der Waals surface area contributed by atoms with Gasteiger partial charge in [-0.15, -0.1) is 0 Å². The van der Waals surface area contributed by atoms with Gasteiger partial charge in [-0.1, -0.05) is 11.6 Å². The molecular weight excluding hydrogens is 314 g/mol. The van der Waals surface area contributed by atoms with Crippen molar-refractivity contribution in [2.24, 2.45) is 0 Å². The fourth-order valence-corrected chi connectivity index (χ4v) is 2.62. The predicted molar refractivity (Wildman–Crippen MR) is 83.2 cm³/mol. The minimum atomic E-state index is -3.60. The van der Waals surface area contributed by atoms with Crippen LogP contribution in [-0.2, 0) is 10.0 Å². The standard InChI is InChI=1S/C13H20ClN3O3S/c1-15-21(19,20)10-5-6-12(14)11(9-10)13(18)16-7-4-8-17(2)3/h5-6,9,15H,4,7-8H2,1-3H3,(H,16,18). The number of nitrogens with zero attached hydrogens (tertiary/aromatic N) is 1. The third kappa shape index (κ3) is 5.28. The number of amides is 1. The lowest BCUT2D eigenvalue weighted by Crippen LogP contribution is -2.27. The average molecular weight is 334 g/mol. The molecule has 0 bridgehead atoms. The Hall–Kier alpha value is -1.15. The fourth-order valence-electron chi connectivity index (χ4n) is 1.66. The van der Waals surface area contributed by atoms with E-state index in [4.69, 9.17) is 11.6 Å². The summed E-state index contributed by atoms with van der Waals surface area (Å²) in [5.74, 6) is -0.382. The lowest BCUT2D eigenvalue weighted by atomic mass is 10.2. The number of hydrogen-bond acceptors (Lipinski definition) is 4. The summed E-state index contributed by atoms with van der Waals surface area (Å²) >= 11 is 5.96. The molecule has 0 saturated carbocycles. The van der Waals surface area contributed by atoms with E-state index in [-0.39, 0.29) is 21.4 Å². The van der Waals surface area contributed by atoms with E-state index < -0.39 is 10.0 Å². The van der Waals surface area contributed by atoms with Crippen molar-refractivity contribution in [3.8, 4) is 0 Å². The van der Waals surface area contributed by atoms with Crippen LogP contribution >= 0.6 is 11.6 Å². The van der Waals surface area contributed by atoms with Gasteiger partial charge in [-0.05, 0) is 52.3 Å². The summed E-state index contributed by atoms with van der Waals surface area (Å²) in [6.45, 7) is 1.35. The zero-order valence-electron chi connectivity index (χ0n) is 12.3. The van der Waals surface area contributed by atoms with Gasteiger partial charge in [0, 0.05) is 6.54 Å². The van der Waals surface area contributed by atoms with Crippen LogP contribution in [0.25, 0.3) is 0 Å². The van der Waals surface area contributed by atoms with Gasteiger partial charge >= 0.3 is 0 Å². The Labute approximate surface area is 130 Å². The predicted octanol–water partition coefficient (Wildman–Crippen LogP) is 0.930. The van der Waals surface area contributed by atoms with Crippen LogP contribution in [0.3, 0.4) is 0 Å². The molecule has 1 rings (SSSR count). The number of halogens is 1. The van der Waals surface area contributed by atoms with E-state index in [0.29, 0.717) is 6.54 Å². The van der Waals surface area contributed by atoms with Crippen molar-refractivity contribution >= 4 is 27.5 Å². The summed E-state index contributed by atoms with van der Waals surface area (Å²) < 4.78 is 25.7. The minimum absolute atomic E-state index is 0.00726. The van der Waals surface area contributed by atoms with Crippen molar-refractivity contribution in [2.45, 2.75) is 11.3 Å². The van der Waals surface area contributed by atoms with Gasteiger partial charge in [-0.25, -0.2) is 13.1 Å². The fraction of sp³-hybridized carbons (Fsp3) is 0.462. The molecule has 118 valence electrons. The molecular formula is C13H20ClN3O3S. The molecule has 0 saturated heterocycles. The highest BCUT2D eigenvalue weighted by molar-refractivity contribution is 7.89. The van der Waals surface area contributed by atoms with Crippen LogP contribution in [0, 0.1) is 0 Å². The second-order valence-electron chi connectivity index (χ2n) is 4.76. The van der Waals surface area contributed by atoms with Gasteiger partial charge in [0.15, 0.2) is 0 Å². The number of benzene rings is 1. The summed E-state index contributed by atoms with van der Waals surface area (Å²) in [7, 11) is 1.61. The van der Waals surface area contributed by atoms with Crippen molar-refractivity contribution in [3.63, 3.8) is 0 Å².